The maximum absolute atomic E-state index is 9.24. The van der Waals surface area contributed by atoms with Gasteiger partial charge in [-0.05, 0) is 39.5 Å². The van der Waals surface area contributed by atoms with Crippen molar-refractivity contribution in [2.45, 2.75) is 70.2 Å². The molecular weight excluding hydrogens is 176 g/mol. The van der Waals surface area contributed by atoms with E-state index in [2.05, 4.69) is 12.2 Å². The molecule has 84 valence electrons. The van der Waals surface area contributed by atoms with E-state index in [1.54, 1.807) is 0 Å². The zero-order valence-electron chi connectivity index (χ0n) is 9.37. The summed E-state index contributed by atoms with van der Waals surface area (Å²) >= 11 is 0. The Morgan fingerprint density at radius 3 is 2.71 bits per heavy atom. The van der Waals surface area contributed by atoms with Gasteiger partial charge in [-0.25, -0.2) is 0 Å². The van der Waals surface area contributed by atoms with Crippen LogP contribution in [0, 0.1) is 0 Å². The van der Waals surface area contributed by atoms with Gasteiger partial charge in [0.05, 0.1) is 6.10 Å². The van der Waals surface area contributed by atoms with Crippen LogP contribution in [-0.2, 0) is 0 Å². The minimum absolute atomic E-state index is 0.213. The van der Waals surface area contributed by atoms with E-state index >= 15 is 0 Å². The lowest BCUT2D eigenvalue weighted by molar-refractivity contribution is 0.164. The van der Waals surface area contributed by atoms with E-state index in [0.717, 1.165) is 12.8 Å². The summed E-state index contributed by atoms with van der Waals surface area (Å²) in [5.74, 6) is 0. The van der Waals surface area contributed by atoms with Gasteiger partial charge in [0, 0.05) is 18.1 Å². The summed E-state index contributed by atoms with van der Waals surface area (Å²) in [5, 5.41) is 12.8. The summed E-state index contributed by atoms with van der Waals surface area (Å²) in [4.78, 5) is 0. The number of hydrogen-bond donors (Lipinski definition) is 3. The summed E-state index contributed by atoms with van der Waals surface area (Å²) < 4.78 is 0. The van der Waals surface area contributed by atoms with Gasteiger partial charge in [-0.3, -0.25) is 0 Å². The van der Waals surface area contributed by atoms with Crippen molar-refractivity contribution in [3.8, 4) is 0 Å². The van der Waals surface area contributed by atoms with E-state index in [1.807, 2.05) is 6.92 Å². The zero-order chi connectivity index (χ0) is 10.6. The van der Waals surface area contributed by atoms with E-state index in [9.17, 15) is 5.11 Å². The minimum atomic E-state index is -0.213. The highest BCUT2D eigenvalue weighted by Crippen LogP contribution is 2.17. The third-order valence-electron chi connectivity index (χ3n) is 2.93. The number of hydrogen-bond acceptors (Lipinski definition) is 3. The second kappa shape index (κ2) is 5.69. The molecule has 1 aliphatic rings. The topological polar surface area (TPSA) is 58.3 Å². The minimum Gasteiger partial charge on any atom is -0.393 e. The molecule has 14 heavy (non-hydrogen) atoms. The molecule has 3 nitrogen and oxygen atoms in total. The van der Waals surface area contributed by atoms with E-state index in [-0.39, 0.29) is 6.10 Å². The Labute approximate surface area is 87.1 Å². The third kappa shape index (κ3) is 4.40. The van der Waals surface area contributed by atoms with Crippen LogP contribution in [0.15, 0.2) is 0 Å². The van der Waals surface area contributed by atoms with E-state index in [0.29, 0.717) is 18.1 Å². The van der Waals surface area contributed by atoms with Gasteiger partial charge in [0.2, 0.25) is 0 Å². The highest BCUT2D eigenvalue weighted by molar-refractivity contribution is 4.81. The van der Waals surface area contributed by atoms with E-state index in [4.69, 9.17) is 5.73 Å². The molecule has 4 atom stereocenters. The molecule has 0 bridgehead atoms. The summed E-state index contributed by atoms with van der Waals surface area (Å²) in [7, 11) is 0. The summed E-state index contributed by atoms with van der Waals surface area (Å²) in [5.41, 5.74) is 5.91. The number of aliphatic hydroxyl groups is 1. The lowest BCUT2D eigenvalue weighted by Gasteiger charge is -2.30. The van der Waals surface area contributed by atoms with Crippen molar-refractivity contribution in [1.29, 1.82) is 0 Å². The normalized spacial score (nSPS) is 32.6. The molecule has 1 aliphatic carbocycles. The maximum Gasteiger partial charge on any atom is 0.0526 e. The lowest BCUT2D eigenvalue weighted by atomic mass is 9.91. The maximum atomic E-state index is 9.24. The molecular formula is C11H24N2O. The Hall–Kier alpha value is -0.120. The summed E-state index contributed by atoms with van der Waals surface area (Å²) in [6.45, 7) is 3.97. The molecule has 0 aromatic carbocycles. The molecule has 0 saturated heterocycles. The van der Waals surface area contributed by atoms with Gasteiger partial charge in [-0.15, -0.1) is 0 Å². The van der Waals surface area contributed by atoms with Crippen molar-refractivity contribution in [2.24, 2.45) is 5.73 Å². The monoisotopic (exact) mass is 200 g/mol. The summed E-state index contributed by atoms with van der Waals surface area (Å²) in [6.07, 6.45) is 5.34. The number of nitrogens with one attached hydrogen (secondary N) is 1. The predicted octanol–water partition coefficient (Wildman–Crippen LogP) is 1.01. The molecule has 4 unspecified atom stereocenters. The first-order valence-corrected chi connectivity index (χ1v) is 5.77. The Balaban J connectivity index is 2.21. The lowest BCUT2D eigenvalue weighted by Crippen LogP contribution is -2.44. The number of aliphatic hydroxyl groups excluding tert-OH is 1. The second-order valence-electron chi connectivity index (χ2n) is 4.78. The average molecular weight is 200 g/mol. The Morgan fingerprint density at radius 2 is 2.14 bits per heavy atom. The Bertz CT molecular complexity index is 161. The molecule has 0 aromatic rings. The van der Waals surface area contributed by atoms with Crippen LogP contribution in [0.2, 0.25) is 0 Å². The summed E-state index contributed by atoms with van der Waals surface area (Å²) in [6, 6.07) is 1.33. The fraction of sp³-hybridized carbons (Fsp3) is 1.00. The SMILES string of the molecule is CC(O)CC(C)NC1CCCC(N)C1. The van der Waals surface area contributed by atoms with Crippen LogP contribution in [0.4, 0.5) is 0 Å². The standard InChI is InChI=1S/C11H24N2O/c1-8(6-9(2)14)13-11-5-3-4-10(12)7-11/h8-11,13-14H,3-7,12H2,1-2H3. The van der Waals surface area contributed by atoms with Crippen molar-refractivity contribution in [3.63, 3.8) is 0 Å². The molecule has 0 radical (unpaired) electrons. The van der Waals surface area contributed by atoms with Crippen LogP contribution in [0.3, 0.4) is 0 Å². The van der Waals surface area contributed by atoms with Crippen molar-refractivity contribution < 1.29 is 5.11 Å². The predicted molar refractivity (Wildman–Crippen MR) is 59.1 cm³/mol. The van der Waals surface area contributed by atoms with Crippen molar-refractivity contribution in [3.05, 3.63) is 0 Å². The first-order valence-electron chi connectivity index (χ1n) is 5.77. The largest absolute Gasteiger partial charge is 0.393 e. The van der Waals surface area contributed by atoms with Gasteiger partial charge < -0.3 is 16.2 Å². The Kier molecular flexibility index (Phi) is 4.85. The number of rotatable bonds is 4. The third-order valence-corrected chi connectivity index (χ3v) is 2.93. The van der Waals surface area contributed by atoms with Gasteiger partial charge in [0.1, 0.15) is 0 Å². The van der Waals surface area contributed by atoms with Gasteiger partial charge in [-0.2, -0.15) is 0 Å². The van der Waals surface area contributed by atoms with Crippen LogP contribution in [0.1, 0.15) is 46.0 Å². The molecule has 1 saturated carbocycles. The van der Waals surface area contributed by atoms with Crippen LogP contribution in [-0.4, -0.2) is 29.3 Å². The molecule has 0 amide bonds. The second-order valence-corrected chi connectivity index (χ2v) is 4.78. The quantitative estimate of drug-likeness (QED) is 0.634. The highest BCUT2D eigenvalue weighted by Gasteiger charge is 2.20. The van der Waals surface area contributed by atoms with E-state index in [1.165, 1.54) is 19.3 Å². The fourth-order valence-corrected chi connectivity index (χ4v) is 2.36. The Morgan fingerprint density at radius 1 is 1.43 bits per heavy atom. The van der Waals surface area contributed by atoms with Crippen LogP contribution < -0.4 is 11.1 Å². The molecule has 0 spiro atoms. The fourth-order valence-electron chi connectivity index (χ4n) is 2.36. The van der Waals surface area contributed by atoms with Crippen molar-refractivity contribution >= 4 is 0 Å². The first kappa shape index (κ1) is 12.0. The molecule has 1 fully saturated rings. The van der Waals surface area contributed by atoms with Crippen LogP contribution in [0.5, 0.6) is 0 Å². The van der Waals surface area contributed by atoms with Crippen LogP contribution in [0.25, 0.3) is 0 Å². The van der Waals surface area contributed by atoms with Crippen molar-refractivity contribution in [1.82, 2.24) is 5.32 Å². The smallest absolute Gasteiger partial charge is 0.0526 e. The molecule has 3 heteroatoms. The molecule has 0 heterocycles. The van der Waals surface area contributed by atoms with Crippen LogP contribution >= 0.6 is 0 Å². The van der Waals surface area contributed by atoms with Gasteiger partial charge >= 0.3 is 0 Å². The average Bonchev–Trinajstić information content (AvgIpc) is 2.01. The number of nitrogens with two attached hydrogens (primary N) is 1. The zero-order valence-corrected chi connectivity index (χ0v) is 9.37. The molecule has 0 aliphatic heterocycles. The van der Waals surface area contributed by atoms with E-state index < -0.39 is 0 Å². The van der Waals surface area contributed by atoms with Crippen molar-refractivity contribution in [2.75, 3.05) is 0 Å². The van der Waals surface area contributed by atoms with Gasteiger partial charge in [0.25, 0.3) is 0 Å². The molecule has 1 rings (SSSR count). The first-order chi connectivity index (χ1) is 6.58. The molecule has 0 aromatic heterocycles. The highest BCUT2D eigenvalue weighted by atomic mass is 16.3. The van der Waals surface area contributed by atoms with Gasteiger partial charge in [0.15, 0.2) is 0 Å². The molecule has 4 N–H and O–H groups in total. The van der Waals surface area contributed by atoms with Gasteiger partial charge in [-0.1, -0.05) is 6.42 Å².